The predicted molar refractivity (Wildman–Crippen MR) is 59.5 cm³/mol. The molecule has 5 rings (SSSR count). The van der Waals surface area contributed by atoms with E-state index in [9.17, 15) is 4.79 Å². The number of carbonyl (C=O) groups is 1. The molecule has 90 valence electrons. The molecule has 0 aliphatic heterocycles. The van der Waals surface area contributed by atoms with Crippen molar-refractivity contribution in [3.63, 3.8) is 0 Å². The van der Waals surface area contributed by atoms with E-state index < -0.39 is 0 Å². The summed E-state index contributed by atoms with van der Waals surface area (Å²) in [6.07, 6.45) is 8.47. The van der Waals surface area contributed by atoms with Crippen molar-refractivity contribution in [2.24, 2.45) is 17.8 Å². The van der Waals surface area contributed by atoms with Crippen molar-refractivity contribution in [1.82, 2.24) is 10.1 Å². The number of carbonyl (C=O) groups excluding carboxylic acids is 1. The van der Waals surface area contributed by atoms with Gasteiger partial charge in [0.05, 0.1) is 0 Å². The van der Waals surface area contributed by atoms with E-state index in [1.807, 2.05) is 0 Å². The second-order valence-electron chi connectivity index (χ2n) is 6.27. The summed E-state index contributed by atoms with van der Waals surface area (Å²) in [5, 5.41) is 4.06. The largest absolute Gasteiger partial charge is 0.331 e. The van der Waals surface area contributed by atoms with Gasteiger partial charge >= 0.3 is 0 Å². The van der Waals surface area contributed by atoms with Gasteiger partial charge in [-0.05, 0) is 56.3 Å². The summed E-state index contributed by atoms with van der Waals surface area (Å²) in [4.78, 5) is 14.9. The van der Waals surface area contributed by atoms with Gasteiger partial charge in [0, 0.05) is 5.41 Å². The summed E-state index contributed by atoms with van der Waals surface area (Å²) in [5.74, 6) is 3.52. The Hall–Kier alpha value is -1.19. The van der Waals surface area contributed by atoms with Crippen LogP contribution in [0.25, 0.3) is 0 Å². The van der Waals surface area contributed by atoms with Gasteiger partial charge in [-0.15, -0.1) is 0 Å². The zero-order chi connectivity index (χ0) is 11.5. The lowest BCUT2D eigenvalue weighted by Crippen LogP contribution is -2.49. The number of nitrogens with zero attached hydrogens (tertiary/aromatic N) is 2. The number of rotatable bonds is 2. The molecule has 1 heterocycles. The van der Waals surface area contributed by atoms with E-state index in [1.165, 1.54) is 38.5 Å². The second-order valence-corrected chi connectivity index (χ2v) is 6.27. The lowest BCUT2D eigenvalue weighted by atomic mass is 9.49. The van der Waals surface area contributed by atoms with Crippen molar-refractivity contribution < 1.29 is 9.32 Å². The first-order valence-corrected chi connectivity index (χ1v) is 6.57. The highest BCUT2D eigenvalue weighted by atomic mass is 16.5. The number of aromatic nitrogens is 2. The molecule has 0 spiro atoms. The Bertz CT molecular complexity index is 430. The molecule has 0 N–H and O–H groups in total. The molecule has 0 saturated heterocycles. The minimum absolute atomic E-state index is 0.135. The Balaban J connectivity index is 1.74. The van der Waals surface area contributed by atoms with E-state index in [-0.39, 0.29) is 11.3 Å². The number of hydrogen-bond acceptors (Lipinski definition) is 4. The van der Waals surface area contributed by atoms with Crippen LogP contribution < -0.4 is 0 Å². The number of aldehydes is 1. The van der Waals surface area contributed by atoms with Crippen LogP contribution in [0.5, 0.6) is 0 Å². The molecule has 4 bridgehead atoms. The van der Waals surface area contributed by atoms with E-state index in [2.05, 4.69) is 10.1 Å². The molecule has 17 heavy (non-hydrogen) atoms. The minimum atomic E-state index is 0.135. The first-order valence-electron chi connectivity index (χ1n) is 6.57. The topological polar surface area (TPSA) is 56.0 Å². The molecular weight excluding hydrogens is 216 g/mol. The van der Waals surface area contributed by atoms with Crippen molar-refractivity contribution >= 4 is 6.29 Å². The molecule has 0 aromatic carbocycles. The fraction of sp³-hybridized carbons (Fsp3) is 0.769. The summed E-state index contributed by atoms with van der Waals surface area (Å²) in [5.41, 5.74) is 0.138. The van der Waals surface area contributed by atoms with E-state index in [0.717, 1.165) is 23.6 Å². The van der Waals surface area contributed by atoms with Crippen molar-refractivity contribution in [2.75, 3.05) is 0 Å². The summed E-state index contributed by atoms with van der Waals surface area (Å²) in [6, 6.07) is 0. The maximum Gasteiger partial charge on any atom is 0.290 e. The average molecular weight is 232 g/mol. The summed E-state index contributed by atoms with van der Waals surface area (Å²) in [6.45, 7) is 0. The van der Waals surface area contributed by atoms with Gasteiger partial charge < -0.3 is 4.52 Å². The smallest absolute Gasteiger partial charge is 0.290 e. The third-order valence-corrected chi connectivity index (χ3v) is 5.06. The Morgan fingerprint density at radius 2 is 1.71 bits per heavy atom. The highest BCUT2D eigenvalue weighted by Gasteiger charge is 2.53. The highest BCUT2D eigenvalue weighted by Crippen LogP contribution is 2.60. The van der Waals surface area contributed by atoms with Gasteiger partial charge in [-0.1, -0.05) is 5.16 Å². The molecular formula is C13H16N2O2. The van der Waals surface area contributed by atoms with E-state index in [1.54, 1.807) is 0 Å². The zero-order valence-electron chi connectivity index (χ0n) is 9.76. The Morgan fingerprint density at radius 1 is 1.12 bits per heavy atom. The van der Waals surface area contributed by atoms with Crippen LogP contribution in [0.1, 0.15) is 55.0 Å². The first-order chi connectivity index (χ1) is 8.27. The zero-order valence-corrected chi connectivity index (χ0v) is 9.76. The van der Waals surface area contributed by atoms with Gasteiger partial charge in [-0.25, -0.2) is 0 Å². The van der Waals surface area contributed by atoms with Crippen molar-refractivity contribution in [3.8, 4) is 0 Å². The van der Waals surface area contributed by atoms with E-state index >= 15 is 0 Å². The fourth-order valence-corrected chi connectivity index (χ4v) is 4.88. The van der Waals surface area contributed by atoms with Crippen LogP contribution in [0.15, 0.2) is 4.52 Å². The molecule has 4 saturated carbocycles. The van der Waals surface area contributed by atoms with Crippen LogP contribution in [0, 0.1) is 17.8 Å². The molecule has 4 fully saturated rings. The first kappa shape index (κ1) is 9.80. The minimum Gasteiger partial charge on any atom is -0.331 e. The van der Waals surface area contributed by atoms with E-state index in [0.29, 0.717) is 6.29 Å². The van der Waals surface area contributed by atoms with Gasteiger partial charge in [-0.3, -0.25) is 4.79 Å². The standard InChI is InChI=1S/C13H16N2O2/c16-7-11-14-12(15-17-11)13-4-8-1-9(5-13)3-10(2-8)6-13/h7-10H,1-6H2. The molecule has 1 aromatic rings. The Kier molecular flexibility index (Phi) is 1.83. The lowest BCUT2D eigenvalue weighted by Gasteiger charge is -2.55. The fourth-order valence-electron chi connectivity index (χ4n) is 4.88. The van der Waals surface area contributed by atoms with Gasteiger partial charge in [-0.2, -0.15) is 4.98 Å². The lowest BCUT2D eigenvalue weighted by molar-refractivity contribution is -0.0103. The predicted octanol–water partition coefficient (Wildman–Crippen LogP) is 2.35. The van der Waals surface area contributed by atoms with Crippen molar-refractivity contribution in [3.05, 3.63) is 11.7 Å². The van der Waals surface area contributed by atoms with Gasteiger partial charge in [0.2, 0.25) is 6.29 Å². The Labute approximate surface area is 99.8 Å². The average Bonchev–Trinajstić information content (AvgIpc) is 2.76. The Morgan fingerprint density at radius 3 is 2.18 bits per heavy atom. The van der Waals surface area contributed by atoms with Crippen LogP contribution >= 0.6 is 0 Å². The molecule has 0 unspecified atom stereocenters. The van der Waals surface area contributed by atoms with Crippen molar-refractivity contribution in [1.29, 1.82) is 0 Å². The third kappa shape index (κ3) is 1.33. The molecule has 4 heteroatoms. The monoisotopic (exact) mass is 232 g/mol. The van der Waals surface area contributed by atoms with Crippen LogP contribution in [-0.2, 0) is 5.41 Å². The summed E-state index contributed by atoms with van der Waals surface area (Å²) < 4.78 is 4.97. The quantitative estimate of drug-likeness (QED) is 0.734. The van der Waals surface area contributed by atoms with Crippen LogP contribution in [0.4, 0.5) is 0 Å². The second kappa shape index (κ2) is 3.18. The van der Waals surface area contributed by atoms with Crippen molar-refractivity contribution in [2.45, 2.75) is 43.9 Å². The van der Waals surface area contributed by atoms with Gasteiger partial charge in [0.1, 0.15) is 0 Å². The van der Waals surface area contributed by atoms with Crippen LogP contribution in [0.2, 0.25) is 0 Å². The summed E-state index contributed by atoms with van der Waals surface area (Å²) >= 11 is 0. The highest BCUT2D eigenvalue weighted by molar-refractivity contribution is 5.67. The normalized spacial score (nSPS) is 42.9. The number of hydrogen-bond donors (Lipinski definition) is 0. The molecule has 4 aliphatic rings. The molecule has 0 radical (unpaired) electrons. The molecule has 4 nitrogen and oxygen atoms in total. The molecule has 1 aromatic heterocycles. The van der Waals surface area contributed by atoms with Crippen LogP contribution in [0.3, 0.4) is 0 Å². The maximum atomic E-state index is 10.7. The van der Waals surface area contributed by atoms with Gasteiger partial charge in [0.15, 0.2) is 5.82 Å². The molecule has 0 amide bonds. The third-order valence-electron chi connectivity index (χ3n) is 5.06. The van der Waals surface area contributed by atoms with Crippen LogP contribution in [-0.4, -0.2) is 16.4 Å². The van der Waals surface area contributed by atoms with Gasteiger partial charge in [0.25, 0.3) is 5.89 Å². The molecule has 0 atom stereocenters. The molecule has 4 aliphatic carbocycles. The summed E-state index contributed by atoms with van der Waals surface area (Å²) in [7, 11) is 0. The SMILES string of the molecule is O=Cc1nc(C23CC4CC(CC(C4)C2)C3)no1. The maximum absolute atomic E-state index is 10.7. The van der Waals surface area contributed by atoms with E-state index in [4.69, 9.17) is 4.52 Å².